The van der Waals surface area contributed by atoms with Crippen molar-refractivity contribution in [1.82, 2.24) is 4.90 Å². The maximum absolute atomic E-state index is 9.10. The van der Waals surface area contributed by atoms with E-state index < -0.39 is 0 Å². The molecule has 0 unspecified atom stereocenters. The molecule has 1 aliphatic heterocycles. The molecule has 0 spiro atoms. The van der Waals surface area contributed by atoms with E-state index in [1.165, 1.54) is 5.56 Å². The number of hydrogen-bond acceptors (Lipinski definition) is 3. The molecule has 1 aliphatic rings. The highest BCUT2D eigenvalue weighted by atomic mass is 16.3. The Morgan fingerprint density at radius 2 is 1.86 bits per heavy atom. The van der Waals surface area contributed by atoms with E-state index in [-0.39, 0.29) is 0 Å². The molecule has 3 heteroatoms. The lowest BCUT2D eigenvalue weighted by molar-refractivity contribution is 0.0479. The molecular formula is C11H15NO2. The molecule has 0 amide bonds. The summed E-state index contributed by atoms with van der Waals surface area (Å²) >= 11 is 0. The van der Waals surface area contributed by atoms with E-state index in [4.69, 9.17) is 10.2 Å². The van der Waals surface area contributed by atoms with E-state index in [0.717, 1.165) is 19.6 Å². The lowest BCUT2D eigenvalue weighted by atomic mass is 10.0. The van der Waals surface area contributed by atoms with Crippen molar-refractivity contribution in [3.05, 3.63) is 29.8 Å². The summed E-state index contributed by atoms with van der Waals surface area (Å²) in [4.78, 5) is 2.28. The SMILES string of the molecule is OCC1CN(Cc2ccc(O)cc2)C1. The molecule has 76 valence electrons. The second kappa shape index (κ2) is 3.98. The third-order valence-corrected chi connectivity index (χ3v) is 2.63. The molecule has 1 heterocycles. The van der Waals surface area contributed by atoms with Crippen LogP contribution in [0.5, 0.6) is 5.75 Å². The number of phenols is 1. The molecule has 2 rings (SSSR count). The van der Waals surface area contributed by atoms with Crippen LogP contribution in [0.15, 0.2) is 24.3 Å². The van der Waals surface area contributed by atoms with E-state index in [1.54, 1.807) is 12.1 Å². The Labute approximate surface area is 83.6 Å². The Bertz CT molecular complexity index is 291. The Balaban J connectivity index is 1.84. The average Bonchev–Trinajstić information content (AvgIpc) is 2.13. The molecule has 0 radical (unpaired) electrons. The normalized spacial score (nSPS) is 18.1. The highest BCUT2D eigenvalue weighted by Gasteiger charge is 2.25. The average molecular weight is 193 g/mol. The molecule has 3 nitrogen and oxygen atoms in total. The minimum atomic E-state index is 0.298. The summed E-state index contributed by atoms with van der Waals surface area (Å²) in [7, 11) is 0. The van der Waals surface area contributed by atoms with Gasteiger partial charge in [-0.05, 0) is 17.7 Å². The first kappa shape index (κ1) is 9.49. The van der Waals surface area contributed by atoms with Crippen LogP contribution in [0.25, 0.3) is 0 Å². The smallest absolute Gasteiger partial charge is 0.115 e. The van der Waals surface area contributed by atoms with Gasteiger partial charge in [0.25, 0.3) is 0 Å². The monoisotopic (exact) mass is 193 g/mol. The second-order valence-corrected chi connectivity index (χ2v) is 3.91. The minimum absolute atomic E-state index is 0.298. The van der Waals surface area contributed by atoms with Crippen molar-refractivity contribution in [2.75, 3.05) is 19.7 Å². The van der Waals surface area contributed by atoms with Gasteiger partial charge in [-0.25, -0.2) is 0 Å². The number of aliphatic hydroxyl groups is 1. The van der Waals surface area contributed by atoms with Gasteiger partial charge in [0.1, 0.15) is 5.75 Å². The van der Waals surface area contributed by atoms with Crippen LogP contribution in [0, 0.1) is 5.92 Å². The molecule has 0 aliphatic carbocycles. The lowest BCUT2D eigenvalue weighted by Crippen LogP contribution is -2.47. The summed E-state index contributed by atoms with van der Waals surface area (Å²) in [6.45, 7) is 3.18. The van der Waals surface area contributed by atoms with Crippen LogP contribution < -0.4 is 0 Å². The number of aliphatic hydroxyl groups excluding tert-OH is 1. The van der Waals surface area contributed by atoms with Crippen LogP contribution in [0.3, 0.4) is 0 Å². The fraction of sp³-hybridized carbons (Fsp3) is 0.455. The van der Waals surface area contributed by atoms with Crippen LogP contribution in [-0.2, 0) is 6.54 Å². The molecule has 14 heavy (non-hydrogen) atoms. The van der Waals surface area contributed by atoms with Gasteiger partial charge in [-0.1, -0.05) is 12.1 Å². The zero-order valence-electron chi connectivity index (χ0n) is 8.06. The third kappa shape index (κ3) is 2.05. The van der Waals surface area contributed by atoms with Crippen molar-refractivity contribution in [3.63, 3.8) is 0 Å². The molecule has 1 saturated heterocycles. The molecule has 0 atom stereocenters. The second-order valence-electron chi connectivity index (χ2n) is 3.91. The topological polar surface area (TPSA) is 43.7 Å². The summed E-state index contributed by atoms with van der Waals surface area (Å²) in [6.07, 6.45) is 0. The molecule has 0 bridgehead atoms. The zero-order chi connectivity index (χ0) is 9.97. The van der Waals surface area contributed by atoms with Gasteiger partial charge in [0.05, 0.1) is 0 Å². The number of nitrogens with zero attached hydrogens (tertiary/aromatic N) is 1. The Hall–Kier alpha value is -1.06. The van der Waals surface area contributed by atoms with Crippen LogP contribution in [-0.4, -0.2) is 34.8 Å². The molecular weight excluding hydrogens is 178 g/mol. The molecule has 0 aromatic heterocycles. The molecule has 1 fully saturated rings. The van der Waals surface area contributed by atoms with Gasteiger partial charge in [0, 0.05) is 32.2 Å². The number of phenolic OH excluding ortho intramolecular Hbond substituents is 1. The number of aromatic hydroxyl groups is 1. The van der Waals surface area contributed by atoms with Crippen LogP contribution >= 0.6 is 0 Å². The maximum Gasteiger partial charge on any atom is 0.115 e. The van der Waals surface area contributed by atoms with E-state index in [2.05, 4.69) is 4.90 Å². The van der Waals surface area contributed by atoms with Crippen molar-refractivity contribution in [2.45, 2.75) is 6.54 Å². The first-order valence-corrected chi connectivity index (χ1v) is 4.89. The van der Waals surface area contributed by atoms with Crippen LogP contribution in [0.2, 0.25) is 0 Å². The molecule has 1 aromatic carbocycles. The largest absolute Gasteiger partial charge is 0.508 e. The molecule has 0 saturated carbocycles. The first-order chi connectivity index (χ1) is 6.78. The zero-order valence-corrected chi connectivity index (χ0v) is 8.06. The van der Waals surface area contributed by atoms with Crippen molar-refractivity contribution in [2.24, 2.45) is 5.92 Å². The summed E-state index contributed by atoms with van der Waals surface area (Å²) in [5.41, 5.74) is 1.21. The highest BCUT2D eigenvalue weighted by molar-refractivity contribution is 5.25. The minimum Gasteiger partial charge on any atom is -0.508 e. The van der Waals surface area contributed by atoms with Gasteiger partial charge < -0.3 is 10.2 Å². The van der Waals surface area contributed by atoms with Gasteiger partial charge in [0.15, 0.2) is 0 Å². The summed E-state index contributed by atoms with van der Waals surface area (Å²) in [5, 5.41) is 17.9. The predicted octanol–water partition coefficient (Wildman–Crippen LogP) is 0.816. The standard InChI is InChI=1S/C11H15NO2/c13-8-10-6-12(7-10)5-9-1-3-11(14)4-2-9/h1-4,10,13-14H,5-8H2. The van der Waals surface area contributed by atoms with E-state index in [1.807, 2.05) is 12.1 Å². The predicted molar refractivity (Wildman–Crippen MR) is 54.0 cm³/mol. The van der Waals surface area contributed by atoms with Crippen LogP contribution in [0.1, 0.15) is 5.56 Å². The van der Waals surface area contributed by atoms with Gasteiger partial charge in [-0.3, -0.25) is 4.90 Å². The number of rotatable bonds is 3. The summed E-state index contributed by atoms with van der Waals surface area (Å²) in [6, 6.07) is 7.28. The van der Waals surface area contributed by atoms with Crippen molar-refractivity contribution in [3.8, 4) is 5.75 Å². The quantitative estimate of drug-likeness (QED) is 0.746. The molecule has 2 N–H and O–H groups in total. The Morgan fingerprint density at radius 1 is 1.21 bits per heavy atom. The fourth-order valence-corrected chi connectivity index (χ4v) is 1.78. The number of likely N-dealkylation sites (tertiary alicyclic amines) is 1. The fourth-order valence-electron chi connectivity index (χ4n) is 1.78. The van der Waals surface area contributed by atoms with Crippen molar-refractivity contribution < 1.29 is 10.2 Å². The maximum atomic E-state index is 9.10. The Kier molecular flexibility index (Phi) is 2.70. The molecule has 1 aromatic rings. The van der Waals surface area contributed by atoms with E-state index in [0.29, 0.717) is 18.3 Å². The van der Waals surface area contributed by atoms with E-state index >= 15 is 0 Å². The van der Waals surface area contributed by atoms with E-state index in [9.17, 15) is 0 Å². The summed E-state index contributed by atoms with van der Waals surface area (Å²) < 4.78 is 0. The number of hydrogen-bond donors (Lipinski definition) is 2. The lowest BCUT2D eigenvalue weighted by Gasteiger charge is -2.38. The van der Waals surface area contributed by atoms with Gasteiger partial charge in [0.2, 0.25) is 0 Å². The van der Waals surface area contributed by atoms with Gasteiger partial charge >= 0.3 is 0 Å². The Morgan fingerprint density at radius 3 is 2.43 bits per heavy atom. The van der Waals surface area contributed by atoms with Gasteiger partial charge in [-0.15, -0.1) is 0 Å². The summed E-state index contributed by atoms with van der Waals surface area (Å²) in [5.74, 6) is 0.776. The highest BCUT2D eigenvalue weighted by Crippen LogP contribution is 2.19. The van der Waals surface area contributed by atoms with Gasteiger partial charge in [-0.2, -0.15) is 0 Å². The number of benzene rings is 1. The third-order valence-electron chi connectivity index (χ3n) is 2.63. The van der Waals surface area contributed by atoms with Crippen molar-refractivity contribution >= 4 is 0 Å². The van der Waals surface area contributed by atoms with Crippen LogP contribution in [0.4, 0.5) is 0 Å². The van der Waals surface area contributed by atoms with Crippen molar-refractivity contribution in [1.29, 1.82) is 0 Å². The first-order valence-electron chi connectivity index (χ1n) is 4.89.